The second-order valence-corrected chi connectivity index (χ2v) is 7.87. The van der Waals surface area contributed by atoms with Crippen LogP contribution in [-0.4, -0.2) is 57.1 Å². The lowest BCUT2D eigenvalue weighted by Gasteiger charge is -2.36. The molecule has 2 aliphatic rings. The van der Waals surface area contributed by atoms with E-state index in [1.165, 1.54) is 12.7 Å². The Morgan fingerprint density at radius 2 is 1.97 bits per heavy atom. The molecule has 0 radical (unpaired) electrons. The lowest BCUT2D eigenvalue weighted by Crippen LogP contribution is -2.37. The van der Waals surface area contributed by atoms with Gasteiger partial charge in [0.2, 0.25) is 0 Å². The number of ether oxygens (including phenoxy) is 1. The second kappa shape index (κ2) is 7.44. The molecule has 150 valence electrons. The summed E-state index contributed by atoms with van der Waals surface area (Å²) in [6.45, 7) is 1.46. The first-order chi connectivity index (χ1) is 14.2. The van der Waals surface area contributed by atoms with E-state index in [1.807, 2.05) is 46.1 Å². The molecule has 1 saturated carbocycles. The topological polar surface area (TPSA) is 86.3 Å². The minimum absolute atomic E-state index is 0.0451. The Morgan fingerprint density at radius 1 is 1.17 bits per heavy atom. The fraction of sp³-hybridized carbons (Fsp3) is 0.429. The SMILES string of the molecule is CO[C@@H]1C[C@H]2CN(C(=O)c3cocn3)C[C@H]2C[C@H]1n1cc(-c2ccccc2)nn1. The van der Waals surface area contributed by atoms with Crippen LogP contribution < -0.4 is 0 Å². The van der Waals surface area contributed by atoms with Crippen molar-refractivity contribution in [1.82, 2.24) is 24.9 Å². The first-order valence-electron chi connectivity index (χ1n) is 9.90. The monoisotopic (exact) mass is 393 g/mol. The maximum Gasteiger partial charge on any atom is 0.275 e. The number of amides is 1. The third-order valence-electron chi connectivity index (χ3n) is 6.25. The Morgan fingerprint density at radius 3 is 2.69 bits per heavy atom. The number of nitrogens with zero attached hydrogens (tertiary/aromatic N) is 5. The number of hydrogen-bond acceptors (Lipinski definition) is 6. The molecule has 1 aliphatic heterocycles. The van der Waals surface area contributed by atoms with E-state index < -0.39 is 0 Å². The summed E-state index contributed by atoms with van der Waals surface area (Å²) in [5.74, 6) is 0.765. The van der Waals surface area contributed by atoms with E-state index in [-0.39, 0.29) is 18.1 Å². The molecular formula is C21H23N5O3. The molecule has 8 nitrogen and oxygen atoms in total. The maximum absolute atomic E-state index is 12.7. The molecule has 2 fully saturated rings. The maximum atomic E-state index is 12.7. The van der Waals surface area contributed by atoms with Crippen LogP contribution in [0.1, 0.15) is 29.4 Å². The van der Waals surface area contributed by atoms with E-state index in [2.05, 4.69) is 15.3 Å². The fourth-order valence-electron chi connectivity index (χ4n) is 4.75. The number of methoxy groups -OCH3 is 1. The summed E-state index contributed by atoms with van der Waals surface area (Å²) in [7, 11) is 1.75. The number of benzene rings is 1. The van der Waals surface area contributed by atoms with Gasteiger partial charge in [-0.3, -0.25) is 4.79 Å². The molecule has 29 heavy (non-hydrogen) atoms. The summed E-state index contributed by atoms with van der Waals surface area (Å²) in [6.07, 6.45) is 6.55. The molecule has 1 amide bonds. The van der Waals surface area contributed by atoms with E-state index in [0.29, 0.717) is 17.5 Å². The van der Waals surface area contributed by atoms with Crippen LogP contribution in [0.5, 0.6) is 0 Å². The number of rotatable bonds is 4. The average molecular weight is 393 g/mol. The van der Waals surface area contributed by atoms with Crippen LogP contribution in [0.3, 0.4) is 0 Å². The van der Waals surface area contributed by atoms with E-state index in [0.717, 1.165) is 37.2 Å². The number of carbonyl (C=O) groups excluding carboxylic acids is 1. The van der Waals surface area contributed by atoms with Gasteiger partial charge in [-0.15, -0.1) is 5.10 Å². The quantitative estimate of drug-likeness (QED) is 0.677. The molecule has 1 saturated heterocycles. The van der Waals surface area contributed by atoms with Gasteiger partial charge in [0.15, 0.2) is 12.1 Å². The molecule has 5 rings (SSSR count). The molecule has 0 spiro atoms. The van der Waals surface area contributed by atoms with Crippen LogP contribution in [0.15, 0.2) is 53.6 Å². The molecule has 0 unspecified atom stereocenters. The predicted octanol–water partition coefficient (Wildman–Crippen LogP) is 2.67. The number of fused-ring (bicyclic) bond motifs is 1. The van der Waals surface area contributed by atoms with E-state index >= 15 is 0 Å². The number of aromatic nitrogens is 4. The van der Waals surface area contributed by atoms with Gasteiger partial charge in [-0.25, -0.2) is 9.67 Å². The molecule has 2 aromatic heterocycles. The van der Waals surface area contributed by atoms with E-state index in [9.17, 15) is 4.79 Å². The lowest BCUT2D eigenvalue weighted by atomic mass is 9.77. The van der Waals surface area contributed by atoms with Gasteiger partial charge in [-0.2, -0.15) is 0 Å². The normalized spacial score (nSPS) is 26.4. The molecule has 8 heteroatoms. The van der Waals surface area contributed by atoms with E-state index in [1.54, 1.807) is 7.11 Å². The molecule has 4 atom stereocenters. The minimum atomic E-state index is -0.0641. The highest BCUT2D eigenvalue weighted by atomic mass is 16.5. The molecule has 1 aliphatic carbocycles. The van der Waals surface area contributed by atoms with Crippen LogP contribution in [0.4, 0.5) is 0 Å². The van der Waals surface area contributed by atoms with Crippen molar-refractivity contribution in [2.24, 2.45) is 11.8 Å². The van der Waals surface area contributed by atoms with Crippen molar-refractivity contribution in [1.29, 1.82) is 0 Å². The number of oxazole rings is 1. The Kier molecular flexibility index (Phi) is 4.63. The van der Waals surface area contributed by atoms with E-state index in [4.69, 9.17) is 9.15 Å². The van der Waals surface area contributed by atoms with Crippen molar-refractivity contribution in [3.8, 4) is 11.3 Å². The Bertz CT molecular complexity index is 971. The smallest absolute Gasteiger partial charge is 0.275 e. The molecular weight excluding hydrogens is 370 g/mol. The van der Waals surface area contributed by atoms with Crippen LogP contribution >= 0.6 is 0 Å². The summed E-state index contributed by atoms with van der Waals surface area (Å²) in [5.41, 5.74) is 2.27. The van der Waals surface area contributed by atoms with Gasteiger partial charge in [-0.1, -0.05) is 35.5 Å². The van der Waals surface area contributed by atoms with Crippen molar-refractivity contribution < 1.29 is 13.9 Å². The lowest BCUT2D eigenvalue weighted by molar-refractivity contribution is -0.00545. The van der Waals surface area contributed by atoms with Gasteiger partial charge in [0.05, 0.1) is 18.3 Å². The summed E-state index contributed by atoms with van der Waals surface area (Å²) in [4.78, 5) is 18.5. The van der Waals surface area contributed by atoms with Crippen LogP contribution in [-0.2, 0) is 4.74 Å². The molecule has 1 aromatic carbocycles. The van der Waals surface area contributed by atoms with Gasteiger partial charge in [0.25, 0.3) is 5.91 Å². The average Bonchev–Trinajstić information content (AvgIpc) is 3.53. The number of hydrogen-bond donors (Lipinski definition) is 0. The number of likely N-dealkylation sites (tertiary alicyclic amines) is 1. The zero-order valence-corrected chi connectivity index (χ0v) is 16.2. The summed E-state index contributed by atoms with van der Waals surface area (Å²) in [6, 6.07) is 10.1. The third kappa shape index (κ3) is 3.33. The van der Waals surface area contributed by atoms with Crippen molar-refractivity contribution in [3.05, 3.63) is 54.9 Å². The van der Waals surface area contributed by atoms with Crippen molar-refractivity contribution in [2.75, 3.05) is 20.2 Å². The van der Waals surface area contributed by atoms with Gasteiger partial charge >= 0.3 is 0 Å². The minimum Gasteiger partial charge on any atom is -0.451 e. The van der Waals surface area contributed by atoms with Crippen molar-refractivity contribution >= 4 is 5.91 Å². The first-order valence-corrected chi connectivity index (χ1v) is 9.90. The van der Waals surface area contributed by atoms with Gasteiger partial charge in [-0.05, 0) is 24.7 Å². The highest BCUT2D eigenvalue weighted by molar-refractivity contribution is 5.92. The summed E-state index contributed by atoms with van der Waals surface area (Å²) < 4.78 is 12.7. The summed E-state index contributed by atoms with van der Waals surface area (Å²) >= 11 is 0. The zero-order valence-electron chi connectivity index (χ0n) is 16.2. The predicted molar refractivity (Wildman–Crippen MR) is 104 cm³/mol. The highest BCUT2D eigenvalue weighted by Crippen LogP contribution is 2.42. The Balaban J connectivity index is 1.34. The fourth-order valence-corrected chi connectivity index (χ4v) is 4.75. The molecule has 3 heterocycles. The van der Waals surface area contributed by atoms with Gasteiger partial charge in [0, 0.05) is 25.8 Å². The van der Waals surface area contributed by atoms with Gasteiger partial charge < -0.3 is 14.1 Å². The zero-order chi connectivity index (χ0) is 19.8. The van der Waals surface area contributed by atoms with Gasteiger partial charge in [0.1, 0.15) is 12.0 Å². The molecule has 3 aromatic rings. The van der Waals surface area contributed by atoms with Crippen LogP contribution in [0.2, 0.25) is 0 Å². The first kappa shape index (κ1) is 18.1. The van der Waals surface area contributed by atoms with Crippen LogP contribution in [0, 0.1) is 11.8 Å². The largest absolute Gasteiger partial charge is 0.451 e. The Hall–Kier alpha value is -3.00. The Labute approximate surface area is 168 Å². The highest BCUT2D eigenvalue weighted by Gasteiger charge is 2.45. The summed E-state index contributed by atoms with van der Waals surface area (Å²) in [5, 5.41) is 8.77. The standard InChI is InChI=1S/C21H23N5O3/c1-28-20-8-16-10-25(21(27)18-12-29-13-22-18)9-15(16)7-19(20)26-11-17(23-24-26)14-5-3-2-4-6-14/h2-6,11-13,15-16,19-20H,7-10H2,1H3/t15-,16+,19-,20-/m1/s1. The van der Waals surface area contributed by atoms with Crippen molar-refractivity contribution in [3.63, 3.8) is 0 Å². The third-order valence-corrected chi connectivity index (χ3v) is 6.25. The van der Waals surface area contributed by atoms with Crippen LogP contribution in [0.25, 0.3) is 11.3 Å². The second-order valence-electron chi connectivity index (χ2n) is 7.87. The molecule has 0 bridgehead atoms. The number of carbonyl (C=O) groups is 1. The van der Waals surface area contributed by atoms with Crippen molar-refractivity contribution in [2.45, 2.75) is 25.0 Å². The molecule has 0 N–H and O–H groups in total.